The lowest BCUT2D eigenvalue weighted by atomic mass is 10.2. The number of aromatic nitrogens is 1. The highest BCUT2D eigenvalue weighted by molar-refractivity contribution is 7.09. The van der Waals surface area contributed by atoms with Crippen LogP contribution in [0.1, 0.15) is 25.3 Å². The standard InChI is InChI=1S/C12H21N3S/c1-10(2)14-11-3-6-15(9-11)7-4-12-13-5-8-16-12/h5,8,10-11,14H,3-4,6-7,9H2,1-2H3. The Bertz CT molecular complexity index is 297. The van der Waals surface area contributed by atoms with Crippen molar-refractivity contribution in [3.8, 4) is 0 Å². The number of rotatable bonds is 5. The maximum absolute atomic E-state index is 4.32. The van der Waals surface area contributed by atoms with Gasteiger partial charge in [-0.05, 0) is 13.0 Å². The van der Waals surface area contributed by atoms with Gasteiger partial charge in [0.15, 0.2) is 0 Å². The highest BCUT2D eigenvalue weighted by atomic mass is 32.1. The van der Waals surface area contributed by atoms with Crippen LogP contribution in [-0.4, -0.2) is 41.6 Å². The third-order valence-corrected chi connectivity index (χ3v) is 3.81. The summed E-state index contributed by atoms with van der Waals surface area (Å²) in [7, 11) is 0. The summed E-state index contributed by atoms with van der Waals surface area (Å²) in [5, 5.41) is 6.93. The molecule has 2 heterocycles. The Labute approximate surface area is 102 Å². The van der Waals surface area contributed by atoms with E-state index in [2.05, 4.69) is 34.4 Å². The number of thiazole rings is 1. The molecule has 1 aliphatic heterocycles. The van der Waals surface area contributed by atoms with E-state index in [-0.39, 0.29) is 0 Å². The van der Waals surface area contributed by atoms with Crippen LogP contribution in [0.4, 0.5) is 0 Å². The molecule has 0 spiro atoms. The van der Waals surface area contributed by atoms with Crippen molar-refractivity contribution in [2.75, 3.05) is 19.6 Å². The average molecular weight is 239 g/mol. The molecule has 1 fully saturated rings. The molecule has 1 atom stereocenters. The molecule has 0 aliphatic carbocycles. The molecular weight excluding hydrogens is 218 g/mol. The molecule has 1 unspecified atom stereocenters. The van der Waals surface area contributed by atoms with Gasteiger partial charge in [-0.25, -0.2) is 4.98 Å². The second-order valence-corrected chi connectivity index (χ2v) is 5.76. The summed E-state index contributed by atoms with van der Waals surface area (Å²) in [6.07, 6.45) is 4.29. The average Bonchev–Trinajstić information content (AvgIpc) is 2.84. The molecule has 0 amide bonds. The first kappa shape index (κ1) is 12.0. The fourth-order valence-electron chi connectivity index (χ4n) is 2.27. The molecule has 4 heteroatoms. The molecule has 0 radical (unpaired) electrons. The second kappa shape index (κ2) is 5.75. The molecular formula is C12H21N3S. The lowest BCUT2D eigenvalue weighted by Gasteiger charge is -2.17. The first-order chi connectivity index (χ1) is 7.74. The van der Waals surface area contributed by atoms with Gasteiger partial charge in [0, 0.05) is 43.2 Å². The van der Waals surface area contributed by atoms with Gasteiger partial charge in [-0.1, -0.05) is 13.8 Å². The first-order valence-electron chi connectivity index (χ1n) is 6.11. The Balaban J connectivity index is 1.69. The zero-order valence-corrected chi connectivity index (χ0v) is 11.0. The summed E-state index contributed by atoms with van der Waals surface area (Å²) in [6.45, 7) is 8.03. The van der Waals surface area contributed by atoms with Crippen molar-refractivity contribution < 1.29 is 0 Å². The van der Waals surface area contributed by atoms with Gasteiger partial charge in [-0.2, -0.15) is 0 Å². The van der Waals surface area contributed by atoms with Crippen LogP contribution >= 0.6 is 11.3 Å². The van der Waals surface area contributed by atoms with Crippen molar-refractivity contribution in [2.24, 2.45) is 0 Å². The van der Waals surface area contributed by atoms with Gasteiger partial charge in [0.1, 0.15) is 0 Å². The Morgan fingerprint density at radius 2 is 2.50 bits per heavy atom. The third kappa shape index (κ3) is 3.54. The van der Waals surface area contributed by atoms with Gasteiger partial charge in [-0.15, -0.1) is 11.3 Å². The second-order valence-electron chi connectivity index (χ2n) is 4.78. The zero-order valence-electron chi connectivity index (χ0n) is 10.1. The number of nitrogens with zero attached hydrogens (tertiary/aromatic N) is 2. The van der Waals surface area contributed by atoms with Crippen molar-refractivity contribution in [1.82, 2.24) is 15.2 Å². The molecule has 3 nitrogen and oxygen atoms in total. The zero-order chi connectivity index (χ0) is 11.4. The fraction of sp³-hybridized carbons (Fsp3) is 0.750. The maximum atomic E-state index is 4.32. The minimum Gasteiger partial charge on any atom is -0.310 e. The fourth-order valence-corrected chi connectivity index (χ4v) is 2.88. The molecule has 1 aromatic rings. The molecule has 1 aromatic heterocycles. The van der Waals surface area contributed by atoms with Crippen LogP contribution in [0.2, 0.25) is 0 Å². The van der Waals surface area contributed by atoms with Crippen molar-refractivity contribution in [2.45, 2.75) is 38.8 Å². The molecule has 16 heavy (non-hydrogen) atoms. The van der Waals surface area contributed by atoms with E-state index >= 15 is 0 Å². The predicted octanol–water partition coefficient (Wildman–Crippen LogP) is 1.76. The summed E-state index contributed by atoms with van der Waals surface area (Å²) in [5.41, 5.74) is 0. The summed E-state index contributed by atoms with van der Waals surface area (Å²) < 4.78 is 0. The van der Waals surface area contributed by atoms with Crippen LogP contribution in [0.3, 0.4) is 0 Å². The van der Waals surface area contributed by atoms with Crippen LogP contribution in [0.25, 0.3) is 0 Å². The van der Waals surface area contributed by atoms with E-state index in [0.29, 0.717) is 12.1 Å². The summed E-state index contributed by atoms with van der Waals surface area (Å²) in [4.78, 5) is 6.86. The molecule has 0 saturated carbocycles. The van der Waals surface area contributed by atoms with Crippen molar-refractivity contribution in [3.05, 3.63) is 16.6 Å². The van der Waals surface area contributed by atoms with E-state index in [1.54, 1.807) is 11.3 Å². The van der Waals surface area contributed by atoms with E-state index in [0.717, 1.165) is 13.0 Å². The minimum absolute atomic E-state index is 0.601. The third-order valence-electron chi connectivity index (χ3n) is 2.97. The molecule has 1 N–H and O–H groups in total. The number of hydrogen-bond donors (Lipinski definition) is 1. The smallest absolute Gasteiger partial charge is 0.0937 e. The summed E-state index contributed by atoms with van der Waals surface area (Å²) >= 11 is 1.76. The molecule has 90 valence electrons. The van der Waals surface area contributed by atoms with Crippen LogP contribution < -0.4 is 5.32 Å². The van der Waals surface area contributed by atoms with E-state index in [4.69, 9.17) is 0 Å². The SMILES string of the molecule is CC(C)NC1CCN(CCc2nccs2)C1. The molecule has 0 aromatic carbocycles. The predicted molar refractivity (Wildman–Crippen MR) is 68.9 cm³/mol. The van der Waals surface area contributed by atoms with E-state index in [1.807, 2.05) is 6.20 Å². The summed E-state index contributed by atoms with van der Waals surface area (Å²) in [5.74, 6) is 0. The summed E-state index contributed by atoms with van der Waals surface area (Å²) in [6, 6.07) is 1.29. The highest BCUT2D eigenvalue weighted by Gasteiger charge is 2.22. The Morgan fingerprint density at radius 1 is 1.62 bits per heavy atom. The van der Waals surface area contributed by atoms with Gasteiger partial charge in [0.25, 0.3) is 0 Å². The van der Waals surface area contributed by atoms with Crippen LogP contribution in [-0.2, 0) is 6.42 Å². The number of likely N-dealkylation sites (tertiary alicyclic amines) is 1. The lowest BCUT2D eigenvalue weighted by Crippen LogP contribution is -2.37. The topological polar surface area (TPSA) is 28.2 Å². The van der Waals surface area contributed by atoms with E-state index in [1.165, 1.54) is 24.5 Å². The Hall–Kier alpha value is -0.450. The Morgan fingerprint density at radius 3 is 3.19 bits per heavy atom. The van der Waals surface area contributed by atoms with E-state index in [9.17, 15) is 0 Å². The molecule has 0 bridgehead atoms. The molecule has 2 rings (SSSR count). The molecule has 1 aliphatic rings. The number of nitrogens with one attached hydrogen (secondary N) is 1. The monoisotopic (exact) mass is 239 g/mol. The van der Waals surface area contributed by atoms with Crippen LogP contribution in [0, 0.1) is 0 Å². The normalized spacial score (nSPS) is 22.1. The lowest BCUT2D eigenvalue weighted by molar-refractivity contribution is 0.328. The first-order valence-corrected chi connectivity index (χ1v) is 6.99. The van der Waals surface area contributed by atoms with Gasteiger partial charge in [0.2, 0.25) is 0 Å². The number of hydrogen-bond acceptors (Lipinski definition) is 4. The minimum atomic E-state index is 0.601. The van der Waals surface area contributed by atoms with Crippen LogP contribution in [0.15, 0.2) is 11.6 Å². The van der Waals surface area contributed by atoms with Crippen molar-refractivity contribution >= 4 is 11.3 Å². The Kier molecular flexibility index (Phi) is 4.32. The maximum Gasteiger partial charge on any atom is 0.0937 e. The largest absolute Gasteiger partial charge is 0.310 e. The highest BCUT2D eigenvalue weighted by Crippen LogP contribution is 2.12. The van der Waals surface area contributed by atoms with Crippen molar-refractivity contribution in [3.63, 3.8) is 0 Å². The van der Waals surface area contributed by atoms with Gasteiger partial charge < -0.3 is 10.2 Å². The van der Waals surface area contributed by atoms with Gasteiger partial charge in [-0.3, -0.25) is 0 Å². The van der Waals surface area contributed by atoms with E-state index < -0.39 is 0 Å². The van der Waals surface area contributed by atoms with Crippen molar-refractivity contribution in [1.29, 1.82) is 0 Å². The van der Waals surface area contributed by atoms with Gasteiger partial charge in [0.05, 0.1) is 5.01 Å². The molecule has 1 saturated heterocycles. The quantitative estimate of drug-likeness (QED) is 0.848. The van der Waals surface area contributed by atoms with Gasteiger partial charge >= 0.3 is 0 Å². The van der Waals surface area contributed by atoms with Crippen LogP contribution in [0.5, 0.6) is 0 Å².